The molecule has 1 aromatic rings. The average Bonchev–Trinajstić information content (AvgIpc) is 3.07. The normalized spacial score (nSPS) is 12.2. The van der Waals surface area contributed by atoms with E-state index in [1.165, 1.54) is 128 Å². The number of unbranched alkanes of at least 4 members (excludes halogenated alkanes) is 22. The van der Waals surface area contributed by atoms with E-state index in [1.54, 1.807) is 13.2 Å². The fraction of sp³-hybridized carbons (Fsp3) is 0.769. The van der Waals surface area contributed by atoms with Gasteiger partial charge in [0.2, 0.25) is 0 Å². The number of esters is 1. The van der Waals surface area contributed by atoms with E-state index in [9.17, 15) is 15.0 Å². The molecular formula is C39H68O7. The molecule has 0 aliphatic heterocycles. The molecule has 1 aromatic carbocycles. The number of ether oxygens (including phenoxy) is 3. The van der Waals surface area contributed by atoms with Crippen LogP contribution in [-0.4, -0.2) is 60.9 Å². The summed E-state index contributed by atoms with van der Waals surface area (Å²) in [5.41, 5.74) is 0.990. The first-order valence-corrected chi connectivity index (χ1v) is 18.6. The van der Waals surface area contributed by atoms with Crippen LogP contribution in [0.25, 0.3) is 6.08 Å². The second-order valence-electron chi connectivity index (χ2n) is 12.8. The number of hydrogen-bond donors (Lipinski definition) is 3. The monoisotopic (exact) mass is 648 g/mol. The first-order valence-electron chi connectivity index (χ1n) is 18.6. The van der Waals surface area contributed by atoms with Crippen molar-refractivity contribution in [3.05, 3.63) is 29.8 Å². The van der Waals surface area contributed by atoms with Gasteiger partial charge in [-0.2, -0.15) is 0 Å². The van der Waals surface area contributed by atoms with Crippen LogP contribution in [0.5, 0.6) is 11.5 Å². The first-order chi connectivity index (χ1) is 22.6. The van der Waals surface area contributed by atoms with E-state index >= 15 is 0 Å². The zero-order chi connectivity index (χ0) is 33.3. The molecule has 7 heteroatoms. The smallest absolute Gasteiger partial charge is 0.305 e. The van der Waals surface area contributed by atoms with E-state index in [0.717, 1.165) is 31.4 Å². The first kappa shape index (κ1) is 41.9. The summed E-state index contributed by atoms with van der Waals surface area (Å²) >= 11 is 0. The standard InChI is InChI=1S/C39H68O7/c1-44-38-32-35(28-29-37(38)42)26-25-31-45-30-24-22-20-18-16-14-12-10-8-6-4-2-3-5-7-9-11-13-15-17-19-21-23-27-39(43)46-34-36(41)33-40/h25-26,28-29,32,36,40-42H,2-24,27,30-31,33-34H2,1H3/b26-25+. The van der Waals surface area contributed by atoms with Crippen molar-refractivity contribution < 1.29 is 34.3 Å². The lowest BCUT2D eigenvalue weighted by atomic mass is 10.0. The summed E-state index contributed by atoms with van der Waals surface area (Å²) in [6.07, 6.45) is 33.5. The molecule has 7 nitrogen and oxygen atoms in total. The van der Waals surface area contributed by atoms with Crippen LogP contribution in [0.1, 0.15) is 160 Å². The SMILES string of the molecule is COc1cc(/C=C/COCCCCCCCCCCCCCCCCCCCCCCCCCC(=O)OCC(O)CO)ccc1O. The minimum Gasteiger partial charge on any atom is -0.504 e. The quantitative estimate of drug-likeness (QED) is 0.0515. The van der Waals surface area contributed by atoms with Gasteiger partial charge < -0.3 is 29.5 Å². The molecule has 266 valence electrons. The molecule has 46 heavy (non-hydrogen) atoms. The number of hydrogen-bond acceptors (Lipinski definition) is 7. The molecule has 0 radical (unpaired) electrons. The maximum atomic E-state index is 11.5. The second kappa shape index (κ2) is 31.5. The predicted molar refractivity (Wildman–Crippen MR) is 189 cm³/mol. The van der Waals surface area contributed by atoms with Crippen LogP contribution in [0.15, 0.2) is 24.3 Å². The molecule has 1 rings (SSSR count). The molecule has 3 N–H and O–H groups in total. The van der Waals surface area contributed by atoms with Gasteiger partial charge in [-0.05, 0) is 30.5 Å². The molecule has 0 amide bonds. The summed E-state index contributed by atoms with van der Waals surface area (Å²) in [5, 5.41) is 27.5. The maximum Gasteiger partial charge on any atom is 0.305 e. The Balaban J connectivity index is 1.71. The number of carbonyl (C=O) groups excluding carboxylic acids is 1. The highest BCUT2D eigenvalue weighted by molar-refractivity contribution is 5.69. The summed E-state index contributed by atoms with van der Waals surface area (Å²) in [7, 11) is 1.55. The highest BCUT2D eigenvalue weighted by atomic mass is 16.5. The zero-order valence-corrected chi connectivity index (χ0v) is 29.2. The second-order valence-corrected chi connectivity index (χ2v) is 12.8. The van der Waals surface area contributed by atoms with Gasteiger partial charge in [0.25, 0.3) is 0 Å². The molecule has 0 saturated carbocycles. The number of aliphatic hydroxyl groups is 2. The van der Waals surface area contributed by atoms with Gasteiger partial charge in [0.15, 0.2) is 11.5 Å². The highest BCUT2D eigenvalue weighted by Crippen LogP contribution is 2.26. The van der Waals surface area contributed by atoms with Crippen LogP contribution < -0.4 is 4.74 Å². The Bertz CT molecular complexity index is 857. The molecule has 0 spiro atoms. The Morgan fingerprint density at radius 3 is 1.63 bits per heavy atom. The third-order valence-electron chi connectivity index (χ3n) is 8.55. The van der Waals surface area contributed by atoms with Gasteiger partial charge in [-0.3, -0.25) is 4.79 Å². The van der Waals surface area contributed by atoms with Gasteiger partial charge >= 0.3 is 5.97 Å². The number of phenolic OH excluding ortho intramolecular Hbond substituents is 1. The number of benzene rings is 1. The van der Waals surface area contributed by atoms with Crippen molar-refractivity contribution in [2.75, 3.05) is 33.5 Å². The molecule has 0 saturated heterocycles. The summed E-state index contributed by atoms with van der Waals surface area (Å²) in [5.74, 6) is 0.363. The number of aliphatic hydroxyl groups excluding tert-OH is 2. The lowest BCUT2D eigenvalue weighted by molar-refractivity contribution is -0.147. The molecule has 0 fully saturated rings. The molecular weight excluding hydrogens is 580 g/mol. The van der Waals surface area contributed by atoms with E-state index in [2.05, 4.69) is 0 Å². The highest BCUT2D eigenvalue weighted by Gasteiger charge is 2.07. The molecule has 0 aromatic heterocycles. The number of phenols is 1. The Morgan fingerprint density at radius 1 is 0.717 bits per heavy atom. The van der Waals surface area contributed by atoms with Crippen LogP contribution >= 0.6 is 0 Å². The molecule has 0 heterocycles. The largest absolute Gasteiger partial charge is 0.504 e. The van der Waals surface area contributed by atoms with E-state index in [0.29, 0.717) is 18.8 Å². The van der Waals surface area contributed by atoms with E-state index < -0.39 is 6.10 Å². The summed E-state index contributed by atoms with van der Waals surface area (Å²) in [4.78, 5) is 11.5. The Labute approximate surface area is 281 Å². The number of carbonyl (C=O) groups is 1. The van der Waals surface area contributed by atoms with Gasteiger partial charge in [0.05, 0.1) is 20.3 Å². The minimum absolute atomic E-state index is 0.112. The third-order valence-corrected chi connectivity index (χ3v) is 8.55. The molecule has 0 aliphatic carbocycles. The molecule has 0 aliphatic rings. The fourth-order valence-corrected chi connectivity index (χ4v) is 5.63. The predicted octanol–water partition coefficient (Wildman–Crippen LogP) is 9.69. The number of rotatable bonds is 33. The summed E-state index contributed by atoms with van der Waals surface area (Å²) in [6, 6.07) is 5.32. The van der Waals surface area contributed by atoms with Crippen molar-refractivity contribution in [1.82, 2.24) is 0 Å². The van der Waals surface area contributed by atoms with Crippen LogP contribution in [0.2, 0.25) is 0 Å². The zero-order valence-electron chi connectivity index (χ0n) is 29.2. The van der Waals surface area contributed by atoms with Gasteiger partial charge in [-0.15, -0.1) is 0 Å². The summed E-state index contributed by atoms with van der Waals surface area (Å²) < 4.78 is 15.8. The van der Waals surface area contributed by atoms with Crippen molar-refractivity contribution >= 4 is 12.0 Å². The lowest BCUT2D eigenvalue weighted by Crippen LogP contribution is -2.21. The maximum absolute atomic E-state index is 11.5. The lowest BCUT2D eigenvalue weighted by Gasteiger charge is -2.08. The van der Waals surface area contributed by atoms with Gasteiger partial charge in [-0.1, -0.05) is 153 Å². The van der Waals surface area contributed by atoms with Gasteiger partial charge in [0.1, 0.15) is 12.7 Å². The van der Waals surface area contributed by atoms with Crippen LogP contribution in [0.4, 0.5) is 0 Å². The average molecular weight is 649 g/mol. The van der Waals surface area contributed by atoms with Crippen molar-refractivity contribution in [2.45, 2.75) is 160 Å². The van der Waals surface area contributed by atoms with Crippen LogP contribution in [0.3, 0.4) is 0 Å². The summed E-state index contributed by atoms with van der Waals surface area (Å²) in [6.45, 7) is 0.938. The van der Waals surface area contributed by atoms with Crippen molar-refractivity contribution in [2.24, 2.45) is 0 Å². The number of methoxy groups -OCH3 is 1. The van der Waals surface area contributed by atoms with E-state index in [1.807, 2.05) is 24.3 Å². The van der Waals surface area contributed by atoms with E-state index in [-0.39, 0.29) is 24.9 Å². The number of aromatic hydroxyl groups is 1. The van der Waals surface area contributed by atoms with Crippen LogP contribution in [-0.2, 0) is 14.3 Å². The van der Waals surface area contributed by atoms with E-state index in [4.69, 9.17) is 19.3 Å². The Hall–Kier alpha value is -2.09. The van der Waals surface area contributed by atoms with Crippen molar-refractivity contribution in [3.8, 4) is 11.5 Å². The van der Waals surface area contributed by atoms with Gasteiger partial charge in [0, 0.05) is 13.0 Å². The molecule has 0 bridgehead atoms. The fourth-order valence-electron chi connectivity index (χ4n) is 5.63. The third kappa shape index (κ3) is 26.0. The Kier molecular flexibility index (Phi) is 28.7. The van der Waals surface area contributed by atoms with Crippen molar-refractivity contribution in [3.63, 3.8) is 0 Å². The van der Waals surface area contributed by atoms with Crippen molar-refractivity contribution in [1.29, 1.82) is 0 Å². The topological polar surface area (TPSA) is 105 Å². The molecule has 1 unspecified atom stereocenters. The Morgan fingerprint density at radius 2 is 1.17 bits per heavy atom. The van der Waals surface area contributed by atoms with Gasteiger partial charge in [-0.25, -0.2) is 0 Å². The molecule has 1 atom stereocenters. The van der Waals surface area contributed by atoms with Crippen LogP contribution in [0, 0.1) is 0 Å². The minimum atomic E-state index is -0.966.